The molecular weight excluding hydrogens is 655 g/mol. The largest absolute Gasteiger partial charge is 0.389 e. The van der Waals surface area contributed by atoms with E-state index in [1.807, 2.05) is 153 Å². The number of benzene rings is 5. The molecule has 5 aromatic rings. The van der Waals surface area contributed by atoms with Gasteiger partial charge in [0.25, 0.3) is 0 Å². The second-order valence-electron chi connectivity index (χ2n) is 12.5. The minimum Gasteiger partial charge on any atom is -0.389 e. The monoisotopic (exact) mass is 692 g/mol. The van der Waals surface area contributed by atoms with Gasteiger partial charge in [-0.15, -0.1) is 0 Å². The Labute approximate surface area is 292 Å². The summed E-state index contributed by atoms with van der Waals surface area (Å²) >= 11 is 6.42. The Morgan fingerprint density at radius 2 is 0.939 bits per heavy atom. The molecule has 3 atom stereocenters. The maximum absolute atomic E-state index is 14.3. The van der Waals surface area contributed by atoms with Gasteiger partial charge in [0.2, 0.25) is 0 Å². The molecule has 0 aliphatic carbocycles. The van der Waals surface area contributed by atoms with Crippen LogP contribution in [0.1, 0.15) is 47.8 Å². The molecule has 0 amide bonds. The van der Waals surface area contributed by atoms with E-state index < -0.39 is 48.0 Å². The van der Waals surface area contributed by atoms with Gasteiger partial charge in [0, 0.05) is 18.9 Å². The number of rotatable bonds is 8. The molecule has 49 heavy (non-hydrogen) atoms. The van der Waals surface area contributed by atoms with Crippen LogP contribution in [0.3, 0.4) is 0 Å². The molecule has 2 heterocycles. The molecule has 0 N–H and O–H groups in total. The maximum Gasteiger partial charge on any atom is 0.385 e. The zero-order chi connectivity index (χ0) is 34.1. The fourth-order valence-electron chi connectivity index (χ4n) is 6.97. The van der Waals surface area contributed by atoms with Gasteiger partial charge in [-0.1, -0.05) is 152 Å². The van der Waals surface area contributed by atoms with E-state index in [0.717, 1.165) is 22.3 Å². The molecular formula is C40H37O7PS. The van der Waals surface area contributed by atoms with Gasteiger partial charge in [-0.25, -0.2) is 4.79 Å². The number of fused-ring (bicyclic) bond motifs is 1. The highest BCUT2D eigenvalue weighted by atomic mass is 32.5. The van der Waals surface area contributed by atoms with E-state index in [2.05, 4.69) is 0 Å². The van der Waals surface area contributed by atoms with Crippen LogP contribution in [0.4, 0.5) is 0 Å². The predicted molar refractivity (Wildman–Crippen MR) is 190 cm³/mol. The van der Waals surface area contributed by atoms with E-state index in [0.29, 0.717) is 5.56 Å². The van der Waals surface area contributed by atoms with E-state index in [-0.39, 0.29) is 0 Å². The molecule has 0 aromatic heterocycles. The Hall–Kier alpha value is -3.98. The quantitative estimate of drug-likeness (QED) is 0.150. The van der Waals surface area contributed by atoms with Crippen LogP contribution in [-0.2, 0) is 55.6 Å². The lowest BCUT2D eigenvalue weighted by molar-refractivity contribution is -0.178. The summed E-state index contributed by atoms with van der Waals surface area (Å²) < 4.78 is 40.6. The smallest absolute Gasteiger partial charge is 0.385 e. The summed E-state index contributed by atoms with van der Waals surface area (Å²) in [4.78, 5) is 14.3. The zero-order valence-electron chi connectivity index (χ0n) is 27.4. The molecule has 7 nitrogen and oxygen atoms in total. The predicted octanol–water partition coefficient (Wildman–Crippen LogP) is 8.60. The number of hydrogen-bond acceptors (Lipinski definition) is 8. The van der Waals surface area contributed by atoms with Crippen molar-refractivity contribution in [1.82, 2.24) is 0 Å². The molecule has 2 fully saturated rings. The first-order valence-electron chi connectivity index (χ1n) is 16.1. The number of ether oxygens (including phenoxy) is 3. The minimum absolute atomic E-state index is 0.603. The van der Waals surface area contributed by atoms with Crippen molar-refractivity contribution in [2.24, 2.45) is 0 Å². The van der Waals surface area contributed by atoms with Crippen molar-refractivity contribution in [2.75, 3.05) is 7.11 Å². The Morgan fingerprint density at radius 1 is 0.612 bits per heavy atom. The van der Waals surface area contributed by atoms with Gasteiger partial charge in [-0.05, 0) is 41.7 Å². The third kappa shape index (κ3) is 6.08. The summed E-state index contributed by atoms with van der Waals surface area (Å²) in [6, 6.07) is 47.9. The van der Waals surface area contributed by atoms with Crippen molar-refractivity contribution in [3.05, 3.63) is 179 Å². The van der Waals surface area contributed by atoms with Crippen LogP contribution in [-0.4, -0.2) is 31.1 Å². The van der Waals surface area contributed by atoms with Crippen LogP contribution in [0.25, 0.3) is 0 Å². The zero-order valence-corrected chi connectivity index (χ0v) is 29.1. The molecule has 250 valence electrons. The topological polar surface area (TPSA) is 72.5 Å². The molecule has 0 radical (unpaired) electrons. The number of methoxy groups -OCH3 is 1. The average Bonchev–Trinajstić information content (AvgIpc) is 3.43. The highest BCUT2D eigenvalue weighted by Crippen LogP contribution is 2.69. The highest BCUT2D eigenvalue weighted by Gasteiger charge is 2.68. The molecule has 0 unspecified atom stereocenters. The maximum atomic E-state index is 14.3. The summed E-state index contributed by atoms with van der Waals surface area (Å²) in [5.74, 6) is -1.81. The number of carbonyl (C=O) groups is 1. The third-order valence-corrected chi connectivity index (χ3v) is 11.1. The average molecular weight is 693 g/mol. The van der Waals surface area contributed by atoms with Crippen LogP contribution in [0.2, 0.25) is 0 Å². The van der Waals surface area contributed by atoms with Gasteiger partial charge < -0.3 is 18.7 Å². The summed E-state index contributed by atoms with van der Waals surface area (Å²) in [6.45, 7) is -0.403. The third-order valence-electron chi connectivity index (χ3n) is 8.97. The molecule has 9 heteroatoms. The van der Waals surface area contributed by atoms with E-state index in [9.17, 15) is 4.79 Å². The van der Waals surface area contributed by atoms with Crippen molar-refractivity contribution < 1.29 is 32.6 Å². The summed E-state index contributed by atoms with van der Waals surface area (Å²) in [5.41, 5.74) is 0.606. The van der Waals surface area contributed by atoms with Crippen molar-refractivity contribution in [3.63, 3.8) is 0 Å². The first-order chi connectivity index (χ1) is 23.7. The molecule has 2 aliphatic heterocycles. The van der Waals surface area contributed by atoms with Gasteiger partial charge in [-0.2, -0.15) is 0 Å². The van der Waals surface area contributed by atoms with E-state index >= 15 is 0 Å². The molecule has 2 aliphatic rings. The highest BCUT2D eigenvalue weighted by molar-refractivity contribution is 8.07. The van der Waals surface area contributed by atoms with Crippen LogP contribution < -0.4 is 0 Å². The first-order valence-corrected chi connectivity index (χ1v) is 18.7. The van der Waals surface area contributed by atoms with Crippen LogP contribution in [0.5, 0.6) is 0 Å². The van der Waals surface area contributed by atoms with Crippen molar-refractivity contribution >= 4 is 24.5 Å². The van der Waals surface area contributed by atoms with Crippen molar-refractivity contribution in [2.45, 2.75) is 49.1 Å². The summed E-state index contributed by atoms with van der Waals surface area (Å²) in [7, 11) is 1.45. The second kappa shape index (κ2) is 13.4. The van der Waals surface area contributed by atoms with Gasteiger partial charge in [-0.3, -0.25) is 9.05 Å². The Bertz CT molecular complexity index is 1740. The van der Waals surface area contributed by atoms with E-state index in [1.165, 1.54) is 7.11 Å². The van der Waals surface area contributed by atoms with Gasteiger partial charge in [0.1, 0.15) is 12.2 Å². The van der Waals surface area contributed by atoms with Gasteiger partial charge in [0.15, 0.2) is 23.1 Å². The fourth-order valence-corrected chi connectivity index (χ4v) is 9.65. The van der Waals surface area contributed by atoms with Gasteiger partial charge >= 0.3 is 12.7 Å². The van der Waals surface area contributed by atoms with Gasteiger partial charge in [0.05, 0.1) is 0 Å². The molecule has 0 saturated carbocycles. The van der Waals surface area contributed by atoms with Crippen LogP contribution in [0.15, 0.2) is 152 Å². The summed E-state index contributed by atoms with van der Waals surface area (Å²) in [6.07, 6.45) is -2.81. The van der Waals surface area contributed by atoms with E-state index in [4.69, 9.17) is 39.6 Å². The lowest BCUT2D eigenvalue weighted by Crippen LogP contribution is -2.53. The molecule has 7 rings (SSSR count). The minimum atomic E-state index is -4.16. The molecule has 2 saturated heterocycles. The Kier molecular flexibility index (Phi) is 9.15. The normalized spacial score (nSPS) is 22.3. The SMILES string of the molecule is CO[C@@H](C(=O)OP1(=S)OC(c2ccccc2)(c2ccccc2)[C@@H]2OC(C)(C)O[C@H]2C(c2ccccc2)(c2ccccc2)O1)c1ccccc1. The van der Waals surface area contributed by atoms with E-state index in [1.54, 1.807) is 12.1 Å². The number of hydrogen-bond donors (Lipinski definition) is 0. The Balaban J connectivity index is 1.53. The molecule has 0 spiro atoms. The second-order valence-corrected chi connectivity index (χ2v) is 15.3. The molecule has 5 aromatic carbocycles. The van der Waals surface area contributed by atoms with Crippen LogP contribution in [0, 0.1) is 0 Å². The standard InChI is InChI=1S/C40H37O7PS/c1-38(2)43-35-36(44-38)40(32-25-15-7-16-26-32,33-27-17-8-18-28-33)47-48(49,45-37(41)34(42-3)29-19-9-4-10-20-29)46-39(35,30-21-11-5-12-22-30)31-23-13-6-14-24-31/h4-28,34-36H,1-3H3/t34-,35-,36-/m1/s1. The van der Waals surface area contributed by atoms with Crippen LogP contribution >= 0.6 is 6.72 Å². The lowest BCUT2D eigenvalue weighted by atomic mass is 9.72. The first kappa shape index (κ1) is 33.5. The molecule has 0 bridgehead atoms. The van der Waals surface area contributed by atoms with Crippen molar-refractivity contribution in [1.29, 1.82) is 0 Å². The fraction of sp³-hybridized carbons (Fsp3) is 0.225. The van der Waals surface area contributed by atoms with Crippen molar-refractivity contribution in [3.8, 4) is 0 Å². The summed E-state index contributed by atoms with van der Waals surface area (Å²) in [5, 5.41) is 0. The number of carbonyl (C=O) groups excluding carboxylic acids is 1. The Morgan fingerprint density at radius 3 is 1.27 bits per heavy atom. The lowest BCUT2D eigenvalue weighted by Gasteiger charge is -2.41.